The van der Waals surface area contributed by atoms with Crippen molar-refractivity contribution in [1.82, 2.24) is 0 Å². The maximum absolute atomic E-state index is 8.49. The van der Waals surface area contributed by atoms with E-state index in [1.807, 2.05) is 0 Å². The van der Waals surface area contributed by atoms with Crippen molar-refractivity contribution in [3.05, 3.63) is 0 Å². The summed E-state index contributed by atoms with van der Waals surface area (Å²) in [6.07, 6.45) is 2.41. The number of rotatable bonds is 4. The molecule has 1 N–H and O–H groups in total. The van der Waals surface area contributed by atoms with Gasteiger partial charge >= 0.3 is 0 Å². The number of aliphatic imine (C=N–C) groups is 1. The summed E-state index contributed by atoms with van der Waals surface area (Å²) in [6, 6.07) is 0. The summed E-state index contributed by atoms with van der Waals surface area (Å²) in [5.74, 6) is 0.765. The highest BCUT2D eigenvalue weighted by Crippen LogP contribution is 2.18. The van der Waals surface area contributed by atoms with E-state index >= 15 is 0 Å². The zero-order valence-corrected chi connectivity index (χ0v) is 8.75. The predicted molar refractivity (Wildman–Crippen MR) is 55.5 cm³/mol. The Labute approximate surface area is 85.2 Å². The van der Waals surface area contributed by atoms with E-state index in [0.717, 1.165) is 5.75 Å². The van der Waals surface area contributed by atoms with Gasteiger partial charge < -0.3 is 5.11 Å². The van der Waals surface area contributed by atoms with Gasteiger partial charge in [-0.05, 0) is 6.42 Å². The Morgan fingerprint density at radius 2 is 2.33 bits per heavy atom. The number of aliphatic hydroxyl groups is 1. The van der Waals surface area contributed by atoms with Crippen molar-refractivity contribution in [1.29, 1.82) is 5.26 Å². The molecular weight excluding hydrogens is 216 g/mol. The molecule has 0 bridgehead atoms. The summed E-state index contributed by atoms with van der Waals surface area (Å²) in [4.78, 5) is 3.57. The van der Waals surface area contributed by atoms with E-state index in [-0.39, 0.29) is 6.61 Å². The molecule has 0 aliphatic carbocycles. The van der Waals surface area contributed by atoms with Crippen molar-refractivity contribution in [2.75, 3.05) is 17.6 Å². The first-order valence-corrected chi connectivity index (χ1v) is 5.75. The second kappa shape index (κ2) is 9.20. The Kier molecular flexibility index (Phi) is 9.28. The second-order valence-electron chi connectivity index (χ2n) is 1.66. The van der Waals surface area contributed by atoms with Crippen molar-refractivity contribution >= 4 is 39.5 Å². The molecular formula is C6H9ClN2OS2. The molecule has 3 nitrogen and oxygen atoms in total. The number of halogens is 1. The molecule has 0 atom stereocenters. The third-order valence-electron chi connectivity index (χ3n) is 0.847. The summed E-state index contributed by atoms with van der Waals surface area (Å²) in [5.41, 5.74) is 0. The normalized spacial score (nSPS) is 11.2. The van der Waals surface area contributed by atoms with Crippen LogP contribution in [0.3, 0.4) is 0 Å². The van der Waals surface area contributed by atoms with Crippen LogP contribution in [0.25, 0.3) is 0 Å². The van der Waals surface area contributed by atoms with Crippen LogP contribution in [-0.4, -0.2) is 27.1 Å². The standard InChI is InChI=1S/C6H9ClN2OS2/c7-4-12-6(9-5-8)11-3-1-2-10/h10H,1-4H2. The molecule has 0 aromatic rings. The van der Waals surface area contributed by atoms with Crippen LogP contribution >= 0.6 is 35.1 Å². The van der Waals surface area contributed by atoms with Crippen LogP contribution in [-0.2, 0) is 0 Å². The fourth-order valence-electron chi connectivity index (χ4n) is 0.418. The number of aliphatic hydroxyl groups excluding tert-OH is 1. The number of hydrogen-bond donors (Lipinski definition) is 1. The van der Waals surface area contributed by atoms with E-state index in [0.29, 0.717) is 16.0 Å². The van der Waals surface area contributed by atoms with E-state index in [1.165, 1.54) is 23.5 Å². The van der Waals surface area contributed by atoms with Crippen molar-refractivity contribution < 1.29 is 5.11 Å². The molecule has 0 radical (unpaired) electrons. The Balaban J connectivity index is 3.66. The molecule has 0 aromatic carbocycles. The Morgan fingerprint density at radius 1 is 1.58 bits per heavy atom. The SMILES string of the molecule is N#CN=C(SCCl)SCCCO. The fourth-order valence-corrected chi connectivity index (χ4v) is 2.43. The Hall–Kier alpha value is 0.110. The first-order chi connectivity index (χ1) is 5.85. The highest BCUT2D eigenvalue weighted by Gasteiger charge is 1.99. The zero-order valence-electron chi connectivity index (χ0n) is 6.36. The number of hydrogen-bond acceptors (Lipinski definition) is 5. The van der Waals surface area contributed by atoms with Crippen LogP contribution in [0.4, 0.5) is 0 Å². The van der Waals surface area contributed by atoms with Crippen molar-refractivity contribution in [3.63, 3.8) is 0 Å². The number of thioether (sulfide) groups is 2. The van der Waals surface area contributed by atoms with Gasteiger partial charge in [-0.3, -0.25) is 0 Å². The summed E-state index contributed by atoms with van der Waals surface area (Å²) < 4.78 is 0.668. The molecule has 0 heterocycles. The van der Waals surface area contributed by atoms with Gasteiger partial charge in [0.1, 0.15) is 4.38 Å². The van der Waals surface area contributed by atoms with Crippen molar-refractivity contribution in [2.45, 2.75) is 6.42 Å². The largest absolute Gasteiger partial charge is 0.396 e. The van der Waals surface area contributed by atoms with Crippen LogP contribution in [0.2, 0.25) is 0 Å². The smallest absolute Gasteiger partial charge is 0.207 e. The van der Waals surface area contributed by atoms with Gasteiger partial charge in [-0.2, -0.15) is 10.3 Å². The lowest BCUT2D eigenvalue weighted by Gasteiger charge is -1.99. The Morgan fingerprint density at radius 3 is 2.83 bits per heavy atom. The van der Waals surface area contributed by atoms with E-state index in [4.69, 9.17) is 22.0 Å². The minimum absolute atomic E-state index is 0.165. The zero-order chi connectivity index (χ0) is 9.23. The quantitative estimate of drug-likeness (QED) is 0.260. The number of alkyl halides is 1. The molecule has 0 spiro atoms. The van der Waals surface area contributed by atoms with Gasteiger partial charge in [0.2, 0.25) is 6.19 Å². The molecule has 0 saturated heterocycles. The third kappa shape index (κ3) is 6.80. The lowest BCUT2D eigenvalue weighted by atomic mass is 10.5. The van der Waals surface area contributed by atoms with Gasteiger partial charge in [-0.1, -0.05) is 23.5 Å². The van der Waals surface area contributed by atoms with Gasteiger partial charge in [-0.15, -0.1) is 11.6 Å². The Bertz CT molecular complexity index is 181. The monoisotopic (exact) mass is 224 g/mol. The van der Waals surface area contributed by atoms with Gasteiger partial charge in [0, 0.05) is 12.4 Å². The molecule has 0 aliphatic rings. The highest BCUT2D eigenvalue weighted by atomic mass is 35.5. The molecule has 6 heteroatoms. The molecule has 0 aromatic heterocycles. The van der Waals surface area contributed by atoms with E-state index in [2.05, 4.69) is 4.99 Å². The highest BCUT2D eigenvalue weighted by molar-refractivity contribution is 8.39. The molecule has 0 rings (SSSR count). The summed E-state index contributed by atoms with van der Waals surface area (Å²) in [6.45, 7) is 0.165. The maximum Gasteiger partial charge on any atom is 0.207 e. The molecule has 68 valence electrons. The van der Waals surface area contributed by atoms with Gasteiger partial charge in [-0.25, -0.2) is 0 Å². The minimum Gasteiger partial charge on any atom is -0.396 e. The lowest BCUT2D eigenvalue weighted by Crippen LogP contribution is -1.91. The minimum atomic E-state index is 0.165. The average Bonchev–Trinajstić information content (AvgIpc) is 2.06. The average molecular weight is 225 g/mol. The molecule has 0 amide bonds. The lowest BCUT2D eigenvalue weighted by molar-refractivity contribution is 0.296. The second-order valence-corrected chi connectivity index (χ2v) is 4.55. The predicted octanol–water partition coefficient (Wildman–Crippen LogP) is 1.87. The van der Waals surface area contributed by atoms with Crippen LogP contribution < -0.4 is 0 Å². The topological polar surface area (TPSA) is 56.4 Å². The first-order valence-electron chi connectivity index (χ1n) is 3.24. The molecule has 12 heavy (non-hydrogen) atoms. The van der Waals surface area contributed by atoms with Crippen LogP contribution in [0.5, 0.6) is 0 Å². The van der Waals surface area contributed by atoms with Crippen LogP contribution in [0.1, 0.15) is 6.42 Å². The van der Waals surface area contributed by atoms with E-state index in [1.54, 1.807) is 6.19 Å². The molecule has 0 unspecified atom stereocenters. The fraction of sp³-hybridized carbons (Fsp3) is 0.667. The van der Waals surface area contributed by atoms with Crippen LogP contribution in [0.15, 0.2) is 4.99 Å². The first kappa shape index (κ1) is 12.1. The van der Waals surface area contributed by atoms with Gasteiger partial charge in [0.15, 0.2) is 0 Å². The summed E-state index contributed by atoms with van der Waals surface area (Å²) in [7, 11) is 0. The summed E-state index contributed by atoms with van der Waals surface area (Å²) in [5, 5.41) is 17.1. The molecule has 0 saturated carbocycles. The maximum atomic E-state index is 8.49. The van der Waals surface area contributed by atoms with Crippen molar-refractivity contribution in [3.8, 4) is 6.19 Å². The molecule has 0 aliphatic heterocycles. The third-order valence-corrected chi connectivity index (χ3v) is 3.16. The summed E-state index contributed by atoms with van der Waals surface area (Å²) >= 11 is 8.22. The van der Waals surface area contributed by atoms with Gasteiger partial charge in [0.25, 0.3) is 0 Å². The molecule has 0 fully saturated rings. The van der Waals surface area contributed by atoms with E-state index in [9.17, 15) is 0 Å². The van der Waals surface area contributed by atoms with Crippen LogP contribution in [0, 0.1) is 11.5 Å². The van der Waals surface area contributed by atoms with E-state index < -0.39 is 0 Å². The number of nitrogens with zero attached hydrogens (tertiary/aromatic N) is 2. The van der Waals surface area contributed by atoms with Crippen molar-refractivity contribution in [2.24, 2.45) is 4.99 Å². The number of nitriles is 1. The van der Waals surface area contributed by atoms with Gasteiger partial charge in [0.05, 0.1) is 5.21 Å².